The van der Waals surface area contributed by atoms with Crippen LogP contribution in [-0.2, 0) is 12.3 Å². The van der Waals surface area contributed by atoms with E-state index in [-0.39, 0.29) is 11.8 Å². The predicted octanol–water partition coefficient (Wildman–Crippen LogP) is 4.59. The Bertz CT molecular complexity index is 516. The Labute approximate surface area is 121 Å². The van der Waals surface area contributed by atoms with E-state index in [2.05, 4.69) is 24.4 Å². The maximum Gasteiger partial charge on any atom is 0.284 e. The zero-order valence-corrected chi connectivity index (χ0v) is 12.0. The van der Waals surface area contributed by atoms with E-state index in [0.717, 1.165) is 5.76 Å². The molecule has 0 radical (unpaired) electrons. The first-order chi connectivity index (χ1) is 9.65. The van der Waals surface area contributed by atoms with Crippen LogP contribution in [0.3, 0.4) is 0 Å². The standard InChI is InChI=1S/C15H17F2NOS/c1-11(12-5-3-2-4-6-12)18-9-13-7-8-14(19-13)10-20-15(16)17/h2-8,11,15,18H,9-10H2,1H3/t11-/m1/s1. The van der Waals surface area contributed by atoms with Crippen LogP contribution in [0.2, 0.25) is 0 Å². The van der Waals surface area contributed by atoms with Crippen molar-refractivity contribution in [1.29, 1.82) is 0 Å². The molecule has 0 saturated carbocycles. The summed E-state index contributed by atoms with van der Waals surface area (Å²) in [6.45, 7) is 2.65. The number of furan rings is 1. The van der Waals surface area contributed by atoms with Gasteiger partial charge in [0.2, 0.25) is 0 Å². The van der Waals surface area contributed by atoms with Crippen LogP contribution in [0.5, 0.6) is 0 Å². The number of benzene rings is 1. The van der Waals surface area contributed by atoms with Crippen LogP contribution in [0.1, 0.15) is 30.0 Å². The Morgan fingerprint density at radius 2 is 1.80 bits per heavy atom. The largest absolute Gasteiger partial charge is 0.464 e. The van der Waals surface area contributed by atoms with Gasteiger partial charge in [0, 0.05) is 6.04 Å². The minimum absolute atomic E-state index is 0.200. The number of alkyl halides is 2. The Hall–Kier alpha value is -1.33. The molecule has 0 aliphatic heterocycles. The van der Waals surface area contributed by atoms with Gasteiger partial charge in [-0.1, -0.05) is 42.1 Å². The highest BCUT2D eigenvalue weighted by atomic mass is 32.2. The van der Waals surface area contributed by atoms with Crippen molar-refractivity contribution in [2.75, 3.05) is 0 Å². The van der Waals surface area contributed by atoms with Gasteiger partial charge in [-0.25, -0.2) is 0 Å². The molecule has 1 heterocycles. The van der Waals surface area contributed by atoms with Gasteiger partial charge in [-0.05, 0) is 24.6 Å². The number of nitrogens with one attached hydrogen (secondary N) is 1. The van der Waals surface area contributed by atoms with E-state index >= 15 is 0 Å². The molecule has 0 aliphatic carbocycles. The van der Waals surface area contributed by atoms with Crippen LogP contribution in [0.25, 0.3) is 0 Å². The summed E-state index contributed by atoms with van der Waals surface area (Å²) in [4.78, 5) is 0. The van der Waals surface area contributed by atoms with Crippen LogP contribution >= 0.6 is 11.8 Å². The van der Waals surface area contributed by atoms with Crippen LogP contribution in [0.4, 0.5) is 8.78 Å². The molecule has 1 aromatic heterocycles. The van der Waals surface area contributed by atoms with Gasteiger partial charge in [-0.3, -0.25) is 0 Å². The molecule has 2 aromatic rings. The molecule has 1 aromatic carbocycles. The number of hydrogen-bond donors (Lipinski definition) is 1. The molecule has 1 atom stereocenters. The number of rotatable bonds is 7. The van der Waals surface area contributed by atoms with Crippen LogP contribution in [0, 0.1) is 0 Å². The Morgan fingerprint density at radius 1 is 1.10 bits per heavy atom. The molecule has 2 nitrogen and oxygen atoms in total. The van der Waals surface area contributed by atoms with E-state index in [1.165, 1.54) is 5.56 Å². The van der Waals surface area contributed by atoms with E-state index in [0.29, 0.717) is 24.1 Å². The second-order valence-corrected chi connectivity index (χ2v) is 5.43. The summed E-state index contributed by atoms with van der Waals surface area (Å²) in [7, 11) is 0. The number of thioether (sulfide) groups is 1. The van der Waals surface area contributed by atoms with E-state index < -0.39 is 5.76 Å². The van der Waals surface area contributed by atoms with Crippen molar-refractivity contribution in [3.63, 3.8) is 0 Å². The number of hydrogen-bond acceptors (Lipinski definition) is 3. The van der Waals surface area contributed by atoms with E-state index in [1.807, 2.05) is 24.3 Å². The van der Waals surface area contributed by atoms with Gasteiger partial charge in [0.1, 0.15) is 11.5 Å². The molecule has 0 spiro atoms. The highest BCUT2D eigenvalue weighted by molar-refractivity contribution is 7.98. The zero-order valence-electron chi connectivity index (χ0n) is 11.2. The summed E-state index contributed by atoms with van der Waals surface area (Å²) in [6, 6.07) is 13.9. The van der Waals surface area contributed by atoms with Crippen LogP contribution in [-0.4, -0.2) is 5.76 Å². The quantitative estimate of drug-likeness (QED) is 0.809. The summed E-state index contributed by atoms with van der Waals surface area (Å²) in [5, 5.41) is 3.34. The van der Waals surface area contributed by atoms with Gasteiger partial charge in [0.15, 0.2) is 0 Å². The molecule has 0 saturated heterocycles. The third-order valence-corrected chi connectivity index (χ3v) is 3.65. The van der Waals surface area contributed by atoms with Crippen molar-refractivity contribution in [3.05, 3.63) is 59.5 Å². The summed E-state index contributed by atoms with van der Waals surface area (Å²) in [5.74, 6) is -0.816. The first kappa shape index (κ1) is 15.1. The molecule has 0 bridgehead atoms. The minimum atomic E-state index is -2.36. The maximum atomic E-state index is 12.1. The average Bonchev–Trinajstić information content (AvgIpc) is 2.91. The van der Waals surface area contributed by atoms with Gasteiger partial charge >= 0.3 is 0 Å². The SMILES string of the molecule is C[C@@H](NCc1ccc(CSC(F)F)o1)c1ccccc1. The third-order valence-electron chi connectivity index (χ3n) is 2.95. The van der Waals surface area contributed by atoms with Crippen molar-refractivity contribution >= 4 is 11.8 Å². The van der Waals surface area contributed by atoms with Gasteiger partial charge in [-0.2, -0.15) is 8.78 Å². The highest BCUT2D eigenvalue weighted by Crippen LogP contribution is 2.21. The summed E-state index contributed by atoms with van der Waals surface area (Å²) in [6.07, 6.45) is 0. The molecule has 0 fully saturated rings. The first-order valence-corrected chi connectivity index (χ1v) is 7.45. The van der Waals surface area contributed by atoms with Crippen molar-refractivity contribution in [2.45, 2.75) is 31.0 Å². The molecule has 108 valence electrons. The Kier molecular flexibility index (Phi) is 5.61. The monoisotopic (exact) mass is 297 g/mol. The Balaban J connectivity index is 1.82. The summed E-state index contributed by atoms with van der Waals surface area (Å²) >= 11 is 0.571. The third kappa shape index (κ3) is 4.65. The fraction of sp³-hybridized carbons (Fsp3) is 0.333. The van der Waals surface area contributed by atoms with E-state index in [1.54, 1.807) is 6.07 Å². The normalized spacial score (nSPS) is 12.8. The van der Waals surface area contributed by atoms with Crippen molar-refractivity contribution in [2.24, 2.45) is 0 Å². The second-order valence-electron chi connectivity index (χ2n) is 4.45. The van der Waals surface area contributed by atoms with Gasteiger partial charge < -0.3 is 9.73 Å². The number of halogens is 2. The van der Waals surface area contributed by atoms with Crippen molar-refractivity contribution in [1.82, 2.24) is 5.32 Å². The summed E-state index contributed by atoms with van der Waals surface area (Å²) < 4.78 is 29.7. The van der Waals surface area contributed by atoms with Gasteiger partial charge in [-0.15, -0.1) is 0 Å². The molecule has 20 heavy (non-hydrogen) atoms. The molecular weight excluding hydrogens is 280 g/mol. The zero-order chi connectivity index (χ0) is 14.4. The first-order valence-electron chi connectivity index (χ1n) is 6.41. The molecular formula is C15H17F2NOS. The molecule has 2 rings (SSSR count). The molecule has 1 N–H and O–H groups in total. The highest BCUT2D eigenvalue weighted by Gasteiger charge is 2.09. The average molecular weight is 297 g/mol. The van der Waals surface area contributed by atoms with Gasteiger partial charge in [0.05, 0.1) is 12.3 Å². The molecule has 0 aliphatic rings. The Morgan fingerprint density at radius 3 is 2.50 bits per heavy atom. The molecule has 5 heteroatoms. The lowest BCUT2D eigenvalue weighted by molar-refractivity contribution is 0.251. The van der Waals surface area contributed by atoms with Crippen LogP contribution < -0.4 is 5.32 Å². The fourth-order valence-electron chi connectivity index (χ4n) is 1.85. The lowest BCUT2D eigenvalue weighted by Gasteiger charge is -2.12. The molecule has 0 unspecified atom stereocenters. The predicted molar refractivity (Wildman–Crippen MR) is 77.7 cm³/mol. The maximum absolute atomic E-state index is 12.1. The topological polar surface area (TPSA) is 25.2 Å². The summed E-state index contributed by atoms with van der Waals surface area (Å²) in [5.41, 5.74) is 1.20. The molecule has 0 amide bonds. The minimum Gasteiger partial charge on any atom is -0.464 e. The van der Waals surface area contributed by atoms with Crippen molar-refractivity contribution < 1.29 is 13.2 Å². The smallest absolute Gasteiger partial charge is 0.284 e. The second kappa shape index (κ2) is 7.45. The van der Waals surface area contributed by atoms with Crippen LogP contribution in [0.15, 0.2) is 46.9 Å². The van der Waals surface area contributed by atoms with Crippen molar-refractivity contribution in [3.8, 4) is 0 Å². The fourth-order valence-corrected chi connectivity index (χ4v) is 2.30. The van der Waals surface area contributed by atoms with Gasteiger partial charge in [0.25, 0.3) is 5.76 Å². The van der Waals surface area contributed by atoms with E-state index in [4.69, 9.17) is 4.42 Å². The lowest BCUT2D eigenvalue weighted by Crippen LogP contribution is -2.17. The lowest BCUT2D eigenvalue weighted by atomic mass is 10.1. The van der Waals surface area contributed by atoms with E-state index in [9.17, 15) is 8.78 Å².